The summed E-state index contributed by atoms with van der Waals surface area (Å²) in [6.07, 6.45) is 0.611. The average molecular weight is 363 g/mol. The molecule has 2 aliphatic rings. The highest BCUT2D eigenvalue weighted by molar-refractivity contribution is 7.91. The summed E-state index contributed by atoms with van der Waals surface area (Å²) in [7, 11) is -3.08. The largest absolute Gasteiger partial charge is 0.311 e. The van der Waals surface area contributed by atoms with E-state index in [1.165, 1.54) is 6.07 Å². The number of nitrogens with zero attached hydrogens (tertiary/aromatic N) is 2. The molecule has 1 saturated heterocycles. The zero-order valence-electron chi connectivity index (χ0n) is 13.7. The quantitative estimate of drug-likeness (QED) is 0.887. The number of fused-ring (bicyclic) bond motifs is 1. The molecule has 132 valence electrons. The summed E-state index contributed by atoms with van der Waals surface area (Å²) in [4.78, 5) is 12.2. The van der Waals surface area contributed by atoms with Gasteiger partial charge in [0.25, 0.3) is 0 Å². The van der Waals surface area contributed by atoms with Gasteiger partial charge in [-0.3, -0.25) is 4.79 Å². The Morgan fingerprint density at radius 2 is 2.08 bits per heavy atom. The second-order valence-electron chi connectivity index (χ2n) is 6.68. The molecule has 1 N–H and O–H groups in total. The van der Waals surface area contributed by atoms with Crippen molar-refractivity contribution in [2.75, 3.05) is 16.8 Å². The van der Waals surface area contributed by atoms with Crippen LogP contribution in [-0.4, -0.2) is 35.6 Å². The van der Waals surface area contributed by atoms with E-state index in [2.05, 4.69) is 10.4 Å². The molecule has 3 heterocycles. The Balaban J connectivity index is 1.83. The van der Waals surface area contributed by atoms with Gasteiger partial charge in [0.2, 0.25) is 5.91 Å². The molecule has 0 radical (unpaired) electrons. The number of aryl methyl sites for hydroxylation is 1. The van der Waals surface area contributed by atoms with Crippen molar-refractivity contribution in [3.05, 3.63) is 46.9 Å². The molecular formula is C17H18FN3O3S. The average Bonchev–Trinajstić information content (AvgIpc) is 3.07. The number of nitrogens with one attached hydrogen (secondary N) is 1. The molecule has 0 aliphatic carbocycles. The molecule has 6 nitrogen and oxygen atoms in total. The summed E-state index contributed by atoms with van der Waals surface area (Å²) < 4.78 is 39.5. The van der Waals surface area contributed by atoms with Gasteiger partial charge in [-0.15, -0.1) is 0 Å². The van der Waals surface area contributed by atoms with E-state index in [9.17, 15) is 17.6 Å². The van der Waals surface area contributed by atoms with E-state index < -0.39 is 15.8 Å². The molecule has 1 aromatic carbocycles. The standard InChI is InChI=1S/C17H18FN3O3S/c1-10-16-13(12-4-2-3-5-14(12)18)8-15(22)19-17(16)21(20-10)11-6-7-25(23,24)9-11/h2-5,11,13H,6-9H2,1H3,(H,19,22)/t11-,13-/m1/s1. The van der Waals surface area contributed by atoms with Crippen LogP contribution in [0.4, 0.5) is 10.2 Å². The maximum atomic E-state index is 14.3. The number of aromatic nitrogens is 2. The molecule has 0 spiro atoms. The van der Waals surface area contributed by atoms with Crippen LogP contribution in [0.5, 0.6) is 0 Å². The Morgan fingerprint density at radius 3 is 2.76 bits per heavy atom. The molecule has 2 aliphatic heterocycles. The minimum Gasteiger partial charge on any atom is -0.311 e. The number of benzene rings is 1. The topological polar surface area (TPSA) is 81.1 Å². The van der Waals surface area contributed by atoms with Gasteiger partial charge in [-0.2, -0.15) is 5.10 Å². The van der Waals surface area contributed by atoms with Crippen molar-refractivity contribution in [1.82, 2.24) is 9.78 Å². The van der Waals surface area contributed by atoms with Gasteiger partial charge in [-0.25, -0.2) is 17.5 Å². The summed E-state index contributed by atoms with van der Waals surface area (Å²) in [6, 6.07) is 6.12. The molecule has 0 unspecified atom stereocenters. The van der Waals surface area contributed by atoms with E-state index >= 15 is 0 Å². The predicted octanol–water partition coefficient (Wildman–Crippen LogP) is 2.16. The summed E-state index contributed by atoms with van der Waals surface area (Å²) in [5, 5.41) is 7.31. The first-order chi connectivity index (χ1) is 11.9. The number of amides is 1. The van der Waals surface area contributed by atoms with E-state index in [-0.39, 0.29) is 35.7 Å². The highest BCUT2D eigenvalue weighted by Crippen LogP contribution is 2.42. The summed E-state index contributed by atoms with van der Waals surface area (Å²) >= 11 is 0. The van der Waals surface area contributed by atoms with Crippen molar-refractivity contribution in [3.8, 4) is 0 Å². The highest BCUT2D eigenvalue weighted by atomic mass is 32.2. The number of hydrogen-bond acceptors (Lipinski definition) is 4. The molecule has 2 atom stereocenters. The van der Waals surface area contributed by atoms with Crippen molar-refractivity contribution in [2.24, 2.45) is 0 Å². The maximum Gasteiger partial charge on any atom is 0.226 e. The maximum absolute atomic E-state index is 14.3. The van der Waals surface area contributed by atoms with Crippen LogP contribution in [0, 0.1) is 12.7 Å². The minimum atomic E-state index is -3.08. The van der Waals surface area contributed by atoms with Gasteiger partial charge < -0.3 is 5.32 Å². The van der Waals surface area contributed by atoms with E-state index in [1.807, 2.05) is 6.92 Å². The molecule has 1 aromatic heterocycles. The molecule has 4 rings (SSSR count). The Hall–Kier alpha value is -2.22. The minimum absolute atomic E-state index is 0.0147. The number of carbonyl (C=O) groups excluding carboxylic acids is 1. The Morgan fingerprint density at radius 1 is 1.32 bits per heavy atom. The van der Waals surface area contributed by atoms with Gasteiger partial charge in [0.1, 0.15) is 11.6 Å². The van der Waals surface area contributed by atoms with Gasteiger partial charge >= 0.3 is 0 Å². The number of sulfone groups is 1. The summed E-state index contributed by atoms with van der Waals surface area (Å²) in [6.45, 7) is 1.81. The fourth-order valence-corrected chi connectivity index (χ4v) is 5.52. The normalized spacial score (nSPS) is 24.8. The number of rotatable bonds is 2. The molecule has 0 bridgehead atoms. The molecule has 0 saturated carbocycles. The highest BCUT2D eigenvalue weighted by Gasteiger charge is 2.37. The van der Waals surface area contributed by atoms with Crippen LogP contribution in [0.2, 0.25) is 0 Å². The lowest BCUT2D eigenvalue weighted by atomic mass is 9.85. The van der Waals surface area contributed by atoms with Crippen LogP contribution in [-0.2, 0) is 14.6 Å². The molecule has 25 heavy (non-hydrogen) atoms. The van der Waals surface area contributed by atoms with Crippen LogP contribution < -0.4 is 5.32 Å². The van der Waals surface area contributed by atoms with Gasteiger partial charge in [0.15, 0.2) is 9.84 Å². The zero-order valence-corrected chi connectivity index (χ0v) is 14.5. The van der Waals surface area contributed by atoms with Crippen molar-refractivity contribution >= 4 is 21.6 Å². The van der Waals surface area contributed by atoms with Gasteiger partial charge in [0.05, 0.1) is 23.2 Å². The summed E-state index contributed by atoms with van der Waals surface area (Å²) in [5.41, 5.74) is 1.92. The van der Waals surface area contributed by atoms with E-state index in [0.29, 0.717) is 23.5 Å². The molecule has 2 aromatic rings. The lowest BCUT2D eigenvalue weighted by Gasteiger charge is -2.25. The van der Waals surface area contributed by atoms with Crippen LogP contribution in [0.3, 0.4) is 0 Å². The fourth-order valence-electron chi connectivity index (χ4n) is 3.83. The van der Waals surface area contributed by atoms with Crippen LogP contribution in [0.15, 0.2) is 24.3 Å². The van der Waals surface area contributed by atoms with E-state index in [4.69, 9.17) is 0 Å². The lowest BCUT2D eigenvalue weighted by Crippen LogP contribution is -2.26. The Bertz CT molecular complexity index is 968. The second kappa shape index (κ2) is 5.66. The third-order valence-corrected chi connectivity index (χ3v) is 6.71. The third-order valence-electron chi connectivity index (χ3n) is 4.96. The SMILES string of the molecule is Cc1nn([C@@H]2CCS(=O)(=O)C2)c2c1[C@@H](c1ccccc1F)CC(=O)N2. The summed E-state index contributed by atoms with van der Waals surface area (Å²) in [5.74, 6) is -0.357. The van der Waals surface area contributed by atoms with Gasteiger partial charge in [0, 0.05) is 17.9 Å². The fraction of sp³-hybridized carbons (Fsp3) is 0.412. The van der Waals surface area contributed by atoms with Gasteiger partial charge in [-0.05, 0) is 25.0 Å². The smallest absolute Gasteiger partial charge is 0.226 e. The number of carbonyl (C=O) groups is 1. The Kier molecular flexibility index (Phi) is 3.68. The number of halogens is 1. The molecule has 1 amide bonds. The zero-order chi connectivity index (χ0) is 17.8. The number of hydrogen-bond donors (Lipinski definition) is 1. The predicted molar refractivity (Wildman–Crippen MR) is 90.8 cm³/mol. The van der Waals surface area contributed by atoms with Crippen molar-refractivity contribution in [1.29, 1.82) is 0 Å². The van der Waals surface area contributed by atoms with Crippen molar-refractivity contribution in [2.45, 2.75) is 31.7 Å². The third kappa shape index (κ3) is 2.74. The first kappa shape index (κ1) is 16.3. The second-order valence-corrected chi connectivity index (χ2v) is 8.90. The van der Waals surface area contributed by atoms with Crippen LogP contribution >= 0.6 is 0 Å². The van der Waals surface area contributed by atoms with Crippen molar-refractivity contribution < 1.29 is 17.6 Å². The lowest BCUT2D eigenvalue weighted by molar-refractivity contribution is -0.116. The first-order valence-corrected chi connectivity index (χ1v) is 10.0. The van der Waals surface area contributed by atoms with Crippen LogP contribution in [0.1, 0.15) is 41.6 Å². The van der Waals surface area contributed by atoms with Gasteiger partial charge in [-0.1, -0.05) is 18.2 Å². The van der Waals surface area contributed by atoms with Crippen molar-refractivity contribution in [3.63, 3.8) is 0 Å². The van der Waals surface area contributed by atoms with Crippen LogP contribution in [0.25, 0.3) is 0 Å². The first-order valence-electron chi connectivity index (χ1n) is 8.19. The number of anilines is 1. The molecule has 8 heteroatoms. The molecule has 1 fully saturated rings. The molecular weight excluding hydrogens is 345 g/mol. The monoisotopic (exact) mass is 363 g/mol. The van der Waals surface area contributed by atoms with E-state index in [0.717, 1.165) is 5.56 Å². The van der Waals surface area contributed by atoms with E-state index in [1.54, 1.807) is 22.9 Å². The Labute approximate surface area is 145 Å².